The molecule has 0 bridgehead atoms. The number of hydrogen-bond donors (Lipinski definition) is 2. The van der Waals surface area contributed by atoms with Gasteiger partial charge in [0.15, 0.2) is 0 Å². The van der Waals surface area contributed by atoms with E-state index in [-0.39, 0.29) is 23.8 Å². The lowest BCUT2D eigenvalue weighted by Crippen LogP contribution is -2.48. The molecule has 0 aliphatic carbocycles. The van der Waals surface area contributed by atoms with Crippen molar-refractivity contribution in [3.05, 3.63) is 58.2 Å². The molecule has 2 N–H and O–H groups in total. The average molecular weight is 402 g/mol. The fraction of sp³-hybridized carbons (Fsp3) is 0.450. The highest BCUT2D eigenvalue weighted by Gasteiger charge is 2.26. The number of carboxylic acids is 1. The number of hydrogen-bond acceptors (Lipinski definition) is 6. The van der Waals surface area contributed by atoms with E-state index < -0.39 is 23.0 Å². The zero-order valence-corrected chi connectivity index (χ0v) is 16.7. The Kier molecular flexibility index (Phi) is 7.60. The molecule has 9 heteroatoms. The number of Topliss-reactive ketones (excluding diaryl/α,β-unsaturated/α-hetero) is 1. The molecular formula is C20H26N4O5. The molecule has 1 heterocycles. The van der Waals surface area contributed by atoms with Gasteiger partial charge in [-0.25, -0.2) is 4.98 Å². The number of aliphatic carboxylic acids is 1. The lowest BCUT2D eigenvalue weighted by atomic mass is 9.99. The molecule has 156 valence electrons. The van der Waals surface area contributed by atoms with Crippen LogP contribution in [0.3, 0.4) is 0 Å². The van der Waals surface area contributed by atoms with Crippen LogP contribution >= 0.6 is 0 Å². The predicted molar refractivity (Wildman–Crippen MR) is 107 cm³/mol. The normalized spacial score (nSPS) is 13.2. The van der Waals surface area contributed by atoms with Gasteiger partial charge in [-0.1, -0.05) is 26.0 Å². The summed E-state index contributed by atoms with van der Waals surface area (Å²) in [5, 5.41) is 23.4. The predicted octanol–water partition coefficient (Wildman–Crippen LogP) is 2.43. The molecule has 0 aliphatic rings. The van der Waals surface area contributed by atoms with Crippen LogP contribution in [-0.2, 0) is 22.6 Å². The second-order valence-electron chi connectivity index (χ2n) is 7.49. The molecule has 2 aromatic rings. The van der Waals surface area contributed by atoms with Gasteiger partial charge in [0.05, 0.1) is 17.3 Å². The summed E-state index contributed by atoms with van der Waals surface area (Å²) in [7, 11) is 0. The van der Waals surface area contributed by atoms with Crippen LogP contribution in [-0.4, -0.2) is 43.4 Å². The largest absolute Gasteiger partial charge is 0.480 e. The fourth-order valence-electron chi connectivity index (χ4n) is 3.07. The van der Waals surface area contributed by atoms with Gasteiger partial charge < -0.3 is 9.67 Å². The Bertz CT molecular complexity index is 860. The number of nitrogens with zero attached hydrogens (tertiary/aromatic N) is 3. The lowest BCUT2D eigenvalue weighted by Gasteiger charge is -2.23. The van der Waals surface area contributed by atoms with Crippen LogP contribution in [0.4, 0.5) is 5.69 Å². The van der Waals surface area contributed by atoms with Gasteiger partial charge in [-0.05, 0) is 24.8 Å². The first kappa shape index (κ1) is 22.2. The number of benzene rings is 1. The monoisotopic (exact) mass is 402 g/mol. The number of carbonyl (C=O) groups excluding carboxylic acids is 1. The van der Waals surface area contributed by atoms with Crippen LogP contribution in [0.15, 0.2) is 36.8 Å². The number of imidazole rings is 1. The molecule has 29 heavy (non-hydrogen) atoms. The van der Waals surface area contributed by atoms with E-state index in [0.717, 1.165) is 5.56 Å². The summed E-state index contributed by atoms with van der Waals surface area (Å²) >= 11 is 0. The number of non-ortho nitro benzene ring substituents is 1. The summed E-state index contributed by atoms with van der Waals surface area (Å²) in [6.45, 7) is 5.82. The first-order chi connectivity index (χ1) is 13.7. The third-order valence-electron chi connectivity index (χ3n) is 4.61. The zero-order valence-electron chi connectivity index (χ0n) is 16.7. The molecular weight excluding hydrogens is 376 g/mol. The number of carbonyl (C=O) groups is 2. The van der Waals surface area contributed by atoms with Crippen LogP contribution in [0.1, 0.15) is 38.4 Å². The van der Waals surface area contributed by atoms with Crippen LogP contribution < -0.4 is 5.32 Å². The second-order valence-corrected chi connectivity index (χ2v) is 7.49. The van der Waals surface area contributed by atoms with Crippen LogP contribution in [0, 0.1) is 16.0 Å². The van der Waals surface area contributed by atoms with Gasteiger partial charge in [0.25, 0.3) is 5.69 Å². The maximum atomic E-state index is 11.9. The van der Waals surface area contributed by atoms with Crippen molar-refractivity contribution in [1.29, 1.82) is 0 Å². The van der Waals surface area contributed by atoms with Crippen LogP contribution in [0.25, 0.3) is 0 Å². The van der Waals surface area contributed by atoms with Gasteiger partial charge in [-0.3, -0.25) is 25.0 Å². The summed E-state index contributed by atoms with van der Waals surface area (Å²) < 4.78 is 1.80. The SMILES string of the molecule is CC(=O)C(CC(C)C)N[C@@H](Cc1cncn1Cc1ccc([N+](=O)[O-])cc1)C(=O)O. The first-order valence-corrected chi connectivity index (χ1v) is 9.39. The molecule has 0 fully saturated rings. The van der Waals surface area contributed by atoms with Crippen LogP contribution in [0.2, 0.25) is 0 Å². The molecule has 0 spiro atoms. The van der Waals surface area contributed by atoms with E-state index in [1.54, 1.807) is 29.2 Å². The molecule has 0 radical (unpaired) electrons. The summed E-state index contributed by atoms with van der Waals surface area (Å²) in [4.78, 5) is 38.1. The minimum atomic E-state index is -1.04. The maximum Gasteiger partial charge on any atom is 0.321 e. The quantitative estimate of drug-likeness (QED) is 0.436. The van der Waals surface area contributed by atoms with Crippen molar-refractivity contribution in [3.63, 3.8) is 0 Å². The van der Waals surface area contributed by atoms with Gasteiger partial charge in [0.2, 0.25) is 0 Å². The highest BCUT2D eigenvalue weighted by Crippen LogP contribution is 2.15. The van der Waals surface area contributed by atoms with E-state index >= 15 is 0 Å². The molecule has 2 rings (SSSR count). The minimum Gasteiger partial charge on any atom is -0.480 e. The first-order valence-electron chi connectivity index (χ1n) is 9.39. The van der Waals surface area contributed by atoms with E-state index in [1.807, 2.05) is 13.8 Å². The van der Waals surface area contributed by atoms with Crippen LogP contribution in [0.5, 0.6) is 0 Å². The van der Waals surface area contributed by atoms with E-state index in [2.05, 4.69) is 10.3 Å². The summed E-state index contributed by atoms with van der Waals surface area (Å²) in [5.41, 5.74) is 1.53. The number of aromatic nitrogens is 2. The molecule has 2 atom stereocenters. The third-order valence-corrected chi connectivity index (χ3v) is 4.61. The van der Waals surface area contributed by atoms with E-state index in [0.29, 0.717) is 18.7 Å². The standard InChI is InChI=1S/C20H26N4O5/c1-13(2)8-18(14(3)25)22-19(20(26)27)9-17-10-21-12-23(17)11-15-4-6-16(7-5-15)24(28)29/h4-7,10,12-13,18-19,22H,8-9,11H2,1-3H3,(H,26,27)/t18?,19-/m0/s1. The van der Waals surface area contributed by atoms with Crippen molar-refractivity contribution in [2.24, 2.45) is 5.92 Å². The van der Waals surface area contributed by atoms with Gasteiger partial charge >= 0.3 is 5.97 Å². The molecule has 9 nitrogen and oxygen atoms in total. The zero-order chi connectivity index (χ0) is 21.6. The molecule has 1 aromatic carbocycles. The lowest BCUT2D eigenvalue weighted by molar-refractivity contribution is -0.384. The molecule has 1 aromatic heterocycles. The molecule has 1 unspecified atom stereocenters. The topological polar surface area (TPSA) is 127 Å². The molecule has 0 saturated heterocycles. The smallest absolute Gasteiger partial charge is 0.321 e. The number of carboxylic acid groups (broad SMARTS) is 1. The maximum absolute atomic E-state index is 11.9. The Morgan fingerprint density at radius 3 is 2.41 bits per heavy atom. The summed E-state index contributed by atoms with van der Waals surface area (Å²) in [6.07, 6.45) is 3.89. The van der Waals surface area contributed by atoms with Gasteiger partial charge in [0, 0.05) is 37.0 Å². The Balaban J connectivity index is 2.13. The summed E-state index contributed by atoms with van der Waals surface area (Å²) in [6, 6.07) is 4.71. The average Bonchev–Trinajstić information content (AvgIpc) is 3.07. The number of ketones is 1. The van der Waals surface area contributed by atoms with E-state index in [1.165, 1.54) is 19.1 Å². The van der Waals surface area contributed by atoms with Crippen molar-refractivity contribution in [1.82, 2.24) is 14.9 Å². The van der Waals surface area contributed by atoms with Crippen molar-refractivity contribution in [3.8, 4) is 0 Å². The number of nitro benzene ring substituents is 1. The van der Waals surface area contributed by atoms with Crippen molar-refractivity contribution >= 4 is 17.4 Å². The third kappa shape index (κ3) is 6.49. The molecule has 0 saturated carbocycles. The Morgan fingerprint density at radius 1 is 1.24 bits per heavy atom. The van der Waals surface area contributed by atoms with Crippen molar-refractivity contribution in [2.75, 3.05) is 0 Å². The number of nitrogens with one attached hydrogen (secondary N) is 1. The van der Waals surface area contributed by atoms with E-state index in [9.17, 15) is 24.8 Å². The van der Waals surface area contributed by atoms with Gasteiger partial charge in [0.1, 0.15) is 11.8 Å². The second kappa shape index (κ2) is 9.92. The summed E-state index contributed by atoms with van der Waals surface area (Å²) in [5.74, 6) is -0.883. The van der Waals surface area contributed by atoms with Crippen molar-refractivity contribution in [2.45, 2.75) is 52.2 Å². The molecule has 0 amide bonds. The van der Waals surface area contributed by atoms with Gasteiger partial charge in [-0.15, -0.1) is 0 Å². The Labute approximate surface area is 168 Å². The fourth-order valence-corrected chi connectivity index (χ4v) is 3.07. The number of rotatable bonds is 11. The Morgan fingerprint density at radius 2 is 1.90 bits per heavy atom. The van der Waals surface area contributed by atoms with Crippen molar-refractivity contribution < 1.29 is 19.6 Å². The molecule has 0 aliphatic heterocycles. The van der Waals surface area contributed by atoms with Gasteiger partial charge in [-0.2, -0.15) is 0 Å². The number of nitro groups is 1. The minimum absolute atomic E-state index is 0.00942. The highest BCUT2D eigenvalue weighted by molar-refractivity contribution is 5.83. The Hall–Kier alpha value is -3.07. The highest BCUT2D eigenvalue weighted by atomic mass is 16.6. The van der Waals surface area contributed by atoms with E-state index in [4.69, 9.17) is 0 Å².